The van der Waals surface area contributed by atoms with E-state index in [9.17, 15) is 5.11 Å². The molecule has 2 atom stereocenters. The van der Waals surface area contributed by atoms with Crippen LogP contribution in [0.25, 0.3) is 0 Å². The molecule has 3 heteroatoms. The fourth-order valence-corrected chi connectivity index (χ4v) is 2.67. The molecule has 1 N–H and O–H groups in total. The Labute approximate surface area is 119 Å². The van der Waals surface area contributed by atoms with Gasteiger partial charge in [-0.3, -0.25) is 0 Å². The van der Waals surface area contributed by atoms with Crippen molar-refractivity contribution in [3.05, 3.63) is 28.2 Å². The van der Waals surface area contributed by atoms with Crippen molar-refractivity contribution in [2.24, 2.45) is 5.92 Å². The summed E-state index contributed by atoms with van der Waals surface area (Å²) in [6, 6.07) is 6.20. The molecule has 0 amide bonds. The average molecular weight is 314 g/mol. The molecule has 1 aromatic carbocycles. The first-order valence-corrected chi connectivity index (χ1v) is 7.51. The predicted octanol–water partition coefficient (Wildman–Crippen LogP) is 4.37. The second kappa shape index (κ2) is 7.15. The molecule has 0 aromatic heterocycles. The number of anilines is 1. The molecule has 0 heterocycles. The summed E-state index contributed by atoms with van der Waals surface area (Å²) in [6.45, 7) is 10.6. The van der Waals surface area contributed by atoms with Crippen LogP contribution in [-0.4, -0.2) is 18.2 Å². The lowest BCUT2D eigenvalue weighted by atomic mass is 10.1. The minimum Gasteiger partial charge on any atom is -0.389 e. The number of rotatable bonds is 6. The normalized spacial score (nSPS) is 14.3. The summed E-state index contributed by atoms with van der Waals surface area (Å²) in [4.78, 5) is 2.38. The first-order chi connectivity index (χ1) is 8.49. The molecular weight excluding hydrogens is 290 g/mol. The number of hydrogen-bond acceptors (Lipinski definition) is 2. The lowest BCUT2D eigenvalue weighted by Crippen LogP contribution is -2.28. The van der Waals surface area contributed by atoms with Gasteiger partial charge >= 0.3 is 0 Å². The molecule has 0 radical (unpaired) electrons. The molecule has 0 aliphatic rings. The molecule has 18 heavy (non-hydrogen) atoms. The molecule has 0 spiro atoms. The first kappa shape index (κ1) is 15.5. The van der Waals surface area contributed by atoms with Crippen molar-refractivity contribution in [3.8, 4) is 0 Å². The van der Waals surface area contributed by atoms with Gasteiger partial charge in [-0.15, -0.1) is 0 Å². The molecule has 0 bridgehead atoms. The Balaban J connectivity index is 2.90. The van der Waals surface area contributed by atoms with E-state index in [1.54, 1.807) is 6.92 Å². The van der Waals surface area contributed by atoms with Gasteiger partial charge in [0.15, 0.2) is 0 Å². The summed E-state index contributed by atoms with van der Waals surface area (Å²) in [5.74, 6) is 0.695. The Bertz CT molecular complexity index is 379. The standard InChI is InChI=1S/C15H24BrNO/c1-5-11(3)10-17(6-2)13-7-8-14(12(4)18)15(16)9-13/h7-9,11-12,18H,5-6,10H2,1-4H3. The maximum Gasteiger partial charge on any atom is 0.0772 e. The minimum atomic E-state index is -0.432. The molecule has 0 aliphatic heterocycles. The van der Waals surface area contributed by atoms with E-state index < -0.39 is 6.10 Å². The number of hydrogen-bond donors (Lipinski definition) is 1. The van der Waals surface area contributed by atoms with Crippen molar-refractivity contribution in [1.82, 2.24) is 0 Å². The number of halogens is 1. The van der Waals surface area contributed by atoms with Crippen molar-refractivity contribution < 1.29 is 5.11 Å². The number of benzene rings is 1. The Hall–Kier alpha value is -0.540. The van der Waals surface area contributed by atoms with E-state index in [2.05, 4.69) is 53.7 Å². The molecular formula is C15H24BrNO. The van der Waals surface area contributed by atoms with Gasteiger partial charge in [-0.05, 0) is 37.5 Å². The van der Waals surface area contributed by atoms with Gasteiger partial charge in [0.05, 0.1) is 6.10 Å². The van der Waals surface area contributed by atoms with Crippen LogP contribution >= 0.6 is 15.9 Å². The van der Waals surface area contributed by atoms with Crippen LogP contribution in [0.4, 0.5) is 5.69 Å². The Morgan fingerprint density at radius 1 is 1.28 bits per heavy atom. The van der Waals surface area contributed by atoms with E-state index in [1.807, 2.05) is 6.07 Å². The molecule has 0 fully saturated rings. The molecule has 0 saturated heterocycles. The maximum atomic E-state index is 9.63. The molecule has 1 rings (SSSR count). The highest BCUT2D eigenvalue weighted by Crippen LogP contribution is 2.28. The smallest absolute Gasteiger partial charge is 0.0772 e. The summed E-state index contributed by atoms with van der Waals surface area (Å²) < 4.78 is 0.984. The maximum absolute atomic E-state index is 9.63. The van der Waals surface area contributed by atoms with Crippen molar-refractivity contribution in [1.29, 1.82) is 0 Å². The van der Waals surface area contributed by atoms with Gasteiger partial charge in [-0.2, -0.15) is 0 Å². The predicted molar refractivity (Wildman–Crippen MR) is 82.1 cm³/mol. The highest BCUT2D eigenvalue weighted by atomic mass is 79.9. The molecule has 0 aliphatic carbocycles. The van der Waals surface area contributed by atoms with Crippen molar-refractivity contribution in [3.63, 3.8) is 0 Å². The average Bonchev–Trinajstić information content (AvgIpc) is 2.34. The second-order valence-corrected chi connectivity index (χ2v) is 5.79. The summed E-state index contributed by atoms with van der Waals surface area (Å²) in [7, 11) is 0. The van der Waals surface area contributed by atoms with Crippen LogP contribution in [0.3, 0.4) is 0 Å². The van der Waals surface area contributed by atoms with Crippen molar-refractivity contribution in [2.45, 2.75) is 40.2 Å². The van der Waals surface area contributed by atoms with E-state index in [1.165, 1.54) is 12.1 Å². The van der Waals surface area contributed by atoms with Gasteiger partial charge in [0.2, 0.25) is 0 Å². The minimum absolute atomic E-state index is 0.432. The third-order valence-electron chi connectivity index (χ3n) is 3.41. The quantitative estimate of drug-likeness (QED) is 0.842. The van der Waals surface area contributed by atoms with E-state index in [-0.39, 0.29) is 0 Å². The van der Waals surface area contributed by atoms with Crippen LogP contribution in [0.1, 0.15) is 45.8 Å². The summed E-state index contributed by atoms with van der Waals surface area (Å²) in [6.07, 6.45) is 0.765. The summed E-state index contributed by atoms with van der Waals surface area (Å²) >= 11 is 3.54. The second-order valence-electron chi connectivity index (χ2n) is 4.93. The van der Waals surface area contributed by atoms with Crippen LogP contribution in [0.2, 0.25) is 0 Å². The van der Waals surface area contributed by atoms with Gasteiger partial charge in [0.25, 0.3) is 0 Å². The van der Waals surface area contributed by atoms with E-state index in [4.69, 9.17) is 0 Å². The van der Waals surface area contributed by atoms with E-state index in [0.29, 0.717) is 5.92 Å². The van der Waals surface area contributed by atoms with E-state index in [0.717, 1.165) is 23.1 Å². The molecule has 102 valence electrons. The van der Waals surface area contributed by atoms with Crippen LogP contribution < -0.4 is 4.90 Å². The van der Waals surface area contributed by atoms with Gasteiger partial charge in [0, 0.05) is 23.2 Å². The van der Waals surface area contributed by atoms with Gasteiger partial charge in [-0.25, -0.2) is 0 Å². The number of nitrogens with zero attached hydrogens (tertiary/aromatic N) is 1. The Morgan fingerprint density at radius 3 is 2.39 bits per heavy atom. The highest BCUT2D eigenvalue weighted by Gasteiger charge is 2.11. The number of aliphatic hydroxyl groups excluding tert-OH is 1. The van der Waals surface area contributed by atoms with Crippen LogP contribution in [0.15, 0.2) is 22.7 Å². The Kier molecular flexibility index (Phi) is 6.16. The van der Waals surface area contributed by atoms with Crippen molar-refractivity contribution >= 4 is 21.6 Å². The summed E-state index contributed by atoms with van der Waals surface area (Å²) in [5.41, 5.74) is 2.16. The van der Waals surface area contributed by atoms with Crippen LogP contribution in [-0.2, 0) is 0 Å². The first-order valence-electron chi connectivity index (χ1n) is 6.72. The van der Waals surface area contributed by atoms with Gasteiger partial charge in [-0.1, -0.05) is 42.3 Å². The SMILES string of the molecule is CCC(C)CN(CC)c1ccc(C(C)O)c(Br)c1. The fraction of sp³-hybridized carbons (Fsp3) is 0.600. The van der Waals surface area contributed by atoms with Crippen molar-refractivity contribution in [2.75, 3.05) is 18.0 Å². The largest absolute Gasteiger partial charge is 0.389 e. The molecule has 2 unspecified atom stereocenters. The highest BCUT2D eigenvalue weighted by molar-refractivity contribution is 9.10. The van der Waals surface area contributed by atoms with E-state index >= 15 is 0 Å². The fourth-order valence-electron chi connectivity index (χ4n) is 1.97. The molecule has 0 saturated carbocycles. The van der Waals surface area contributed by atoms with Crippen LogP contribution in [0.5, 0.6) is 0 Å². The lowest BCUT2D eigenvalue weighted by Gasteiger charge is -2.27. The van der Waals surface area contributed by atoms with Gasteiger partial charge in [0.1, 0.15) is 0 Å². The third kappa shape index (κ3) is 3.99. The molecule has 1 aromatic rings. The number of aliphatic hydroxyl groups is 1. The lowest BCUT2D eigenvalue weighted by molar-refractivity contribution is 0.198. The zero-order chi connectivity index (χ0) is 13.7. The van der Waals surface area contributed by atoms with Crippen LogP contribution in [0, 0.1) is 5.92 Å². The topological polar surface area (TPSA) is 23.5 Å². The zero-order valence-corrected chi connectivity index (χ0v) is 13.4. The zero-order valence-electron chi connectivity index (χ0n) is 11.8. The van der Waals surface area contributed by atoms with Gasteiger partial charge < -0.3 is 10.0 Å². The monoisotopic (exact) mass is 313 g/mol. The Morgan fingerprint density at radius 2 is 1.94 bits per heavy atom. The summed E-state index contributed by atoms with van der Waals surface area (Å²) in [5, 5.41) is 9.63. The molecule has 2 nitrogen and oxygen atoms in total. The third-order valence-corrected chi connectivity index (χ3v) is 4.10.